The maximum atomic E-state index is 12.1. The van der Waals surface area contributed by atoms with E-state index >= 15 is 0 Å². The first-order chi connectivity index (χ1) is 14.0. The Labute approximate surface area is 167 Å². The van der Waals surface area contributed by atoms with Crippen LogP contribution in [0.25, 0.3) is 6.08 Å². The van der Waals surface area contributed by atoms with Crippen molar-refractivity contribution in [3.05, 3.63) is 65.2 Å². The monoisotopic (exact) mass is 394 g/mol. The molecule has 1 N–H and O–H groups in total. The van der Waals surface area contributed by atoms with Gasteiger partial charge < -0.3 is 14.2 Å². The van der Waals surface area contributed by atoms with Crippen LogP contribution in [0.1, 0.15) is 15.9 Å². The van der Waals surface area contributed by atoms with E-state index in [9.17, 15) is 14.4 Å². The van der Waals surface area contributed by atoms with Crippen LogP contribution in [0.2, 0.25) is 0 Å². The average Bonchev–Trinajstić information content (AvgIpc) is 2.76. The van der Waals surface area contributed by atoms with Gasteiger partial charge in [-0.15, -0.1) is 0 Å². The lowest BCUT2D eigenvalue weighted by Gasteiger charge is -2.08. The second kappa shape index (κ2) is 10.3. The highest BCUT2D eigenvalue weighted by atomic mass is 16.5. The second-order valence-corrected chi connectivity index (χ2v) is 5.60. The number of carbonyl (C=O) groups is 3. The van der Waals surface area contributed by atoms with Crippen molar-refractivity contribution in [2.24, 2.45) is 0 Å². The minimum atomic E-state index is -0.983. The van der Waals surface area contributed by atoms with E-state index in [-0.39, 0.29) is 11.1 Å². The van der Waals surface area contributed by atoms with Gasteiger partial charge in [0.05, 0.1) is 19.8 Å². The number of carbonyl (C=O) groups excluding carboxylic acids is 3. The van der Waals surface area contributed by atoms with E-state index in [0.717, 1.165) is 0 Å². The molecule has 2 amide bonds. The highest BCUT2D eigenvalue weighted by molar-refractivity contribution is 6.07. The molecule has 0 aliphatic heterocycles. The van der Waals surface area contributed by atoms with Crippen LogP contribution in [0, 0.1) is 11.3 Å². The second-order valence-electron chi connectivity index (χ2n) is 5.60. The Hall–Kier alpha value is -4.12. The molecule has 0 bridgehead atoms. The summed E-state index contributed by atoms with van der Waals surface area (Å²) in [7, 11) is 2.92. The van der Waals surface area contributed by atoms with E-state index in [1.165, 1.54) is 26.4 Å². The lowest BCUT2D eigenvalue weighted by molar-refractivity contribution is -0.144. The predicted octanol–water partition coefficient (Wildman–Crippen LogP) is 2.11. The highest BCUT2D eigenvalue weighted by Gasteiger charge is 2.17. The van der Waals surface area contributed by atoms with Crippen molar-refractivity contribution in [1.82, 2.24) is 5.32 Å². The van der Waals surface area contributed by atoms with Crippen molar-refractivity contribution in [2.75, 3.05) is 20.8 Å². The van der Waals surface area contributed by atoms with Gasteiger partial charge in [-0.1, -0.05) is 24.3 Å². The summed E-state index contributed by atoms with van der Waals surface area (Å²) in [5.74, 6) is -1.60. The summed E-state index contributed by atoms with van der Waals surface area (Å²) < 4.78 is 14.9. The number of para-hydroxylation sites is 1. The number of nitrogens with zero attached hydrogens (tertiary/aromatic N) is 1. The quantitative estimate of drug-likeness (QED) is 0.434. The fraction of sp³-hybridized carbons (Fsp3) is 0.143. The summed E-state index contributed by atoms with van der Waals surface area (Å²) in [5.41, 5.74) is 0.445. The number of ether oxygens (including phenoxy) is 3. The van der Waals surface area contributed by atoms with Gasteiger partial charge >= 0.3 is 5.97 Å². The third kappa shape index (κ3) is 5.94. The van der Waals surface area contributed by atoms with Gasteiger partial charge in [0.25, 0.3) is 11.8 Å². The van der Waals surface area contributed by atoms with E-state index in [2.05, 4.69) is 5.32 Å². The van der Waals surface area contributed by atoms with Gasteiger partial charge in [0.2, 0.25) is 0 Å². The lowest BCUT2D eigenvalue weighted by atomic mass is 10.1. The van der Waals surface area contributed by atoms with Crippen molar-refractivity contribution in [2.45, 2.75) is 0 Å². The van der Waals surface area contributed by atoms with Crippen molar-refractivity contribution in [3.8, 4) is 17.6 Å². The Morgan fingerprint density at radius 2 is 1.72 bits per heavy atom. The van der Waals surface area contributed by atoms with Crippen molar-refractivity contribution in [3.63, 3.8) is 0 Å². The molecule has 0 aliphatic rings. The molecule has 0 spiro atoms. The van der Waals surface area contributed by atoms with Crippen molar-refractivity contribution >= 4 is 23.9 Å². The van der Waals surface area contributed by atoms with Gasteiger partial charge in [-0.05, 0) is 35.9 Å². The number of methoxy groups -OCH3 is 2. The molecule has 0 heterocycles. The molecule has 148 valence electrons. The maximum Gasteiger partial charge on any atom is 0.349 e. The van der Waals surface area contributed by atoms with Gasteiger partial charge in [-0.25, -0.2) is 4.79 Å². The fourth-order valence-corrected chi connectivity index (χ4v) is 2.27. The average molecular weight is 394 g/mol. The van der Waals surface area contributed by atoms with Gasteiger partial charge in [0, 0.05) is 0 Å². The smallest absolute Gasteiger partial charge is 0.349 e. The molecule has 0 radical (unpaired) electrons. The van der Waals surface area contributed by atoms with Crippen LogP contribution in [0.3, 0.4) is 0 Å². The molecule has 2 rings (SSSR count). The number of amides is 2. The van der Waals surface area contributed by atoms with Crippen molar-refractivity contribution in [1.29, 1.82) is 5.26 Å². The largest absolute Gasteiger partial charge is 0.497 e. The van der Waals surface area contributed by atoms with Crippen LogP contribution in [0.15, 0.2) is 54.1 Å². The normalized spacial score (nSPS) is 10.4. The molecule has 0 fully saturated rings. The molecule has 2 aromatic carbocycles. The molecule has 0 unspecified atom stereocenters. The third-order valence-corrected chi connectivity index (χ3v) is 3.71. The topological polar surface area (TPSA) is 115 Å². The standard InChI is InChI=1S/C21H18N2O6/c1-27-16-9-7-14(8-10-16)11-15(12-22)21(26)29-13-19(24)23-20(25)17-5-3-4-6-18(17)28-2/h3-11H,13H2,1-2H3,(H,23,24,25)/b15-11+. The summed E-state index contributed by atoms with van der Waals surface area (Å²) in [6, 6.07) is 14.7. The van der Waals surface area contributed by atoms with E-state index in [4.69, 9.17) is 19.5 Å². The Bertz CT molecular complexity index is 973. The number of rotatable bonds is 7. The number of esters is 1. The van der Waals surface area contributed by atoms with E-state index in [1.54, 1.807) is 48.5 Å². The Kier molecular flexibility index (Phi) is 7.51. The minimum absolute atomic E-state index is 0.159. The molecule has 29 heavy (non-hydrogen) atoms. The Balaban J connectivity index is 1.95. The number of hydrogen-bond donors (Lipinski definition) is 1. The molecule has 0 atom stereocenters. The zero-order valence-corrected chi connectivity index (χ0v) is 15.8. The first-order valence-corrected chi connectivity index (χ1v) is 8.38. The Morgan fingerprint density at radius 1 is 1.03 bits per heavy atom. The molecule has 8 nitrogen and oxygen atoms in total. The molecule has 0 saturated heterocycles. The van der Waals surface area contributed by atoms with Crippen LogP contribution in [-0.2, 0) is 14.3 Å². The summed E-state index contributed by atoms with van der Waals surface area (Å²) >= 11 is 0. The summed E-state index contributed by atoms with van der Waals surface area (Å²) in [5, 5.41) is 11.3. The van der Waals surface area contributed by atoms with Gasteiger partial charge in [-0.2, -0.15) is 5.26 Å². The molecule has 0 aromatic heterocycles. The zero-order chi connectivity index (χ0) is 21.2. The molecular formula is C21H18N2O6. The molecule has 8 heteroatoms. The fourth-order valence-electron chi connectivity index (χ4n) is 2.27. The van der Waals surface area contributed by atoms with Crippen LogP contribution < -0.4 is 14.8 Å². The lowest BCUT2D eigenvalue weighted by Crippen LogP contribution is -2.34. The van der Waals surface area contributed by atoms with Crippen molar-refractivity contribution < 1.29 is 28.6 Å². The highest BCUT2D eigenvalue weighted by Crippen LogP contribution is 2.17. The summed E-state index contributed by atoms with van der Waals surface area (Å²) in [6.45, 7) is -0.721. The van der Waals surface area contributed by atoms with Gasteiger partial charge in [-0.3, -0.25) is 14.9 Å². The predicted molar refractivity (Wildman–Crippen MR) is 103 cm³/mol. The number of benzene rings is 2. The SMILES string of the molecule is COc1ccc(/C=C(\C#N)C(=O)OCC(=O)NC(=O)c2ccccc2OC)cc1. The summed E-state index contributed by atoms with van der Waals surface area (Å²) in [6.07, 6.45) is 1.32. The molecule has 2 aromatic rings. The van der Waals surface area contributed by atoms with Gasteiger partial charge in [0.15, 0.2) is 6.61 Å². The first-order valence-electron chi connectivity index (χ1n) is 8.38. The van der Waals surface area contributed by atoms with Gasteiger partial charge in [0.1, 0.15) is 23.1 Å². The third-order valence-electron chi connectivity index (χ3n) is 3.71. The zero-order valence-electron chi connectivity index (χ0n) is 15.8. The van der Waals surface area contributed by atoms with Crippen LogP contribution >= 0.6 is 0 Å². The minimum Gasteiger partial charge on any atom is -0.497 e. The van der Waals surface area contributed by atoms with Crippen LogP contribution in [0.5, 0.6) is 11.5 Å². The first kappa shape index (κ1) is 21.2. The van der Waals surface area contributed by atoms with Crippen LogP contribution in [0.4, 0.5) is 0 Å². The molecular weight excluding hydrogens is 376 g/mol. The number of nitriles is 1. The number of imide groups is 1. The molecule has 0 aliphatic carbocycles. The van der Waals surface area contributed by atoms with E-state index in [0.29, 0.717) is 17.1 Å². The van der Waals surface area contributed by atoms with E-state index < -0.39 is 24.4 Å². The number of nitrogens with one attached hydrogen (secondary N) is 1. The Morgan fingerprint density at radius 3 is 2.34 bits per heavy atom. The maximum absolute atomic E-state index is 12.1. The van der Waals surface area contributed by atoms with Crippen LogP contribution in [-0.4, -0.2) is 38.6 Å². The summed E-state index contributed by atoms with van der Waals surface area (Å²) in [4.78, 5) is 36.1. The number of hydrogen-bond acceptors (Lipinski definition) is 7. The van der Waals surface area contributed by atoms with E-state index in [1.807, 2.05) is 0 Å². The molecule has 0 saturated carbocycles.